The molecule has 0 bridgehead atoms. The summed E-state index contributed by atoms with van der Waals surface area (Å²) in [4.78, 5) is 23.8. The molecule has 1 aromatic carbocycles. The van der Waals surface area contributed by atoms with E-state index in [0.717, 1.165) is 3.57 Å². The van der Waals surface area contributed by atoms with Crippen molar-refractivity contribution in [2.45, 2.75) is 6.92 Å². The molecule has 1 heterocycles. The monoisotopic (exact) mass is 400 g/mol. The highest BCUT2D eigenvalue weighted by Gasteiger charge is 2.13. The van der Waals surface area contributed by atoms with Crippen LogP contribution >= 0.6 is 22.6 Å². The second-order valence-electron chi connectivity index (χ2n) is 4.15. The fourth-order valence-corrected chi connectivity index (χ4v) is 2.42. The number of hydrazine groups is 1. The predicted molar refractivity (Wildman–Crippen MR) is 84.1 cm³/mol. The number of hydrogen-bond donors (Lipinski definition) is 2. The minimum atomic E-state index is -0.433. The number of ether oxygens (including phenoxy) is 1. The number of halogens is 1. The fourth-order valence-electron chi connectivity index (χ4n) is 1.68. The van der Waals surface area contributed by atoms with Crippen molar-refractivity contribution in [1.29, 1.82) is 0 Å². The Kier molecular flexibility index (Phi) is 4.84. The third kappa shape index (κ3) is 3.54. The molecule has 0 aliphatic rings. The highest BCUT2D eigenvalue weighted by molar-refractivity contribution is 14.1. The molecule has 21 heavy (non-hydrogen) atoms. The van der Waals surface area contributed by atoms with E-state index in [9.17, 15) is 9.59 Å². The van der Waals surface area contributed by atoms with Crippen molar-refractivity contribution < 1.29 is 18.7 Å². The molecule has 2 amide bonds. The average Bonchev–Trinajstić information content (AvgIpc) is 2.90. The van der Waals surface area contributed by atoms with E-state index in [1.165, 1.54) is 12.3 Å². The van der Waals surface area contributed by atoms with Gasteiger partial charge in [-0.3, -0.25) is 20.4 Å². The maximum absolute atomic E-state index is 12.0. The van der Waals surface area contributed by atoms with E-state index in [-0.39, 0.29) is 0 Å². The van der Waals surface area contributed by atoms with E-state index < -0.39 is 11.8 Å². The van der Waals surface area contributed by atoms with Gasteiger partial charge in [-0.25, -0.2) is 0 Å². The van der Waals surface area contributed by atoms with Crippen molar-refractivity contribution >= 4 is 34.4 Å². The minimum absolute atomic E-state index is 0.375. The van der Waals surface area contributed by atoms with Crippen LogP contribution in [0.25, 0.3) is 0 Å². The van der Waals surface area contributed by atoms with Crippen molar-refractivity contribution in [3.05, 3.63) is 51.0 Å². The summed E-state index contributed by atoms with van der Waals surface area (Å²) in [6.45, 7) is 1.67. The third-order valence-electron chi connectivity index (χ3n) is 2.81. The molecule has 7 heteroatoms. The zero-order chi connectivity index (χ0) is 15.4. The molecule has 1 aromatic heterocycles. The first-order valence-electron chi connectivity index (χ1n) is 6.01. The normalized spacial score (nSPS) is 10.0. The topological polar surface area (TPSA) is 80.6 Å². The standard InChI is InChI=1S/C14H13IN2O4/c1-8-10(5-6-21-8)14(19)17-16-13(18)9-3-4-12(20-2)11(15)7-9/h3-7H,1-2H3,(H,16,18)(H,17,19). The summed E-state index contributed by atoms with van der Waals surface area (Å²) in [5.74, 6) is 0.328. The minimum Gasteiger partial charge on any atom is -0.496 e. The van der Waals surface area contributed by atoms with Gasteiger partial charge in [0.05, 0.1) is 22.5 Å². The Morgan fingerprint density at radius 2 is 1.90 bits per heavy atom. The summed E-state index contributed by atoms with van der Waals surface area (Å²) < 4.78 is 11.0. The summed E-state index contributed by atoms with van der Waals surface area (Å²) in [6.07, 6.45) is 1.41. The van der Waals surface area contributed by atoms with Gasteiger partial charge in [-0.05, 0) is 53.8 Å². The van der Waals surface area contributed by atoms with E-state index in [1.54, 1.807) is 32.2 Å². The Balaban J connectivity index is 2.00. The van der Waals surface area contributed by atoms with Crippen LogP contribution in [-0.2, 0) is 0 Å². The van der Waals surface area contributed by atoms with Crippen molar-refractivity contribution in [2.24, 2.45) is 0 Å². The first kappa shape index (κ1) is 15.4. The number of amides is 2. The van der Waals surface area contributed by atoms with Crippen LogP contribution in [0.15, 0.2) is 34.9 Å². The SMILES string of the molecule is COc1ccc(C(=O)NNC(=O)c2ccoc2C)cc1I. The number of carbonyl (C=O) groups excluding carboxylic acids is 2. The molecule has 110 valence electrons. The molecule has 2 aromatic rings. The van der Waals surface area contributed by atoms with E-state index in [0.29, 0.717) is 22.6 Å². The van der Waals surface area contributed by atoms with Gasteiger partial charge in [0.1, 0.15) is 11.5 Å². The van der Waals surface area contributed by atoms with Crippen molar-refractivity contribution in [2.75, 3.05) is 7.11 Å². The Labute approximate surface area is 135 Å². The molecule has 0 fully saturated rings. The summed E-state index contributed by atoms with van der Waals surface area (Å²) in [6, 6.07) is 6.52. The highest BCUT2D eigenvalue weighted by atomic mass is 127. The van der Waals surface area contributed by atoms with Gasteiger partial charge in [0.25, 0.3) is 11.8 Å². The number of rotatable bonds is 3. The molecule has 0 atom stereocenters. The van der Waals surface area contributed by atoms with Crippen LogP contribution in [-0.4, -0.2) is 18.9 Å². The van der Waals surface area contributed by atoms with Crippen LogP contribution in [0.2, 0.25) is 0 Å². The lowest BCUT2D eigenvalue weighted by Crippen LogP contribution is -2.41. The molecule has 0 saturated heterocycles. The number of benzene rings is 1. The van der Waals surface area contributed by atoms with Gasteiger partial charge < -0.3 is 9.15 Å². The van der Waals surface area contributed by atoms with Crippen molar-refractivity contribution in [1.82, 2.24) is 10.9 Å². The van der Waals surface area contributed by atoms with Gasteiger partial charge in [0.2, 0.25) is 0 Å². The first-order valence-corrected chi connectivity index (χ1v) is 7.09. The molecular formula is C14H13IN2O4. The van der Waals surface area contributed by atoms with Gasteiger partial charge in [0.15, 0.2) is 0 Å². The van der Waals surface area contributed by atoms with Crippen LogP contribution in [0.4, 0.5) is 0 Å². The molecule has 0 spiro atoms. The first-order chi connectivity index (χ1) is 10.0. The zero-order valence-corrected chi connectivity index (χ0v) is 13.6. The molecule has 0 unspecified atom stereocenters. The number of aryl methyl sites for hydroxylation is 1. The lowest BCUT2D eigenvalue weighted by atomic mass is 10.2. The number of methoxy groups -OCH3 is 1. The van der Waals surface area contributed by atoms with Gasteiger partial charge in [-0.1, -0.05) is 0 Å². The second-order valence-corrected chi connectivity index (χ2v) is 5.31. The van der Waals surface area contributed by atoms with Gasteiger partial charge in [-0.2, -0.15) is 0 Å². The van der Waals surface area contributed by atoms with Crippen LogP contribution in [0.5, 0.6) is 5.75 Å². The average molecular weight is 400 g/mol. The van der Waals surface area contributed by atoms with Gasteiger partial charge in [0, 0.05) is 5.56 Å². The quantitative estimate of drug-likeness (QED) is 0.612. The Morgan fingerprint density at radius 1 is 1.19 bits per heavy atom. The summed E-state index contributed by atoms with van der Waals surface area (Å²) in [7, 11) is 1.56. The van der Waals surface area contributed by atoms with Crippen LogP contribution in [0, 0.1) is 10.5 Å². The number of nitrogens with one attached hydrogen (secondary N) is 2. The van der Waals surface area contributed by atoms with Gasteiger partial charge in [-0.15, -0.1) is 0 Å². The van der Waals surface area contributed by atoms with Crippen molar-refractivity contribution in [3.63, 3.8) is 0 Å². The van der Waals surface area contributed by atoms with E-state index in [1.807, 2.05) is 0 Å². The van der Waals surface area contributed by atoms with E-state index in [4.69, 9.17) is 9.15 Å². The fraction of sp³-hybridized carbons (Fsp3) is 0.143. The molecule has 0 radical (unpaired) electrons. The van der Waals surface area contributed by atoms with E-state index in [2.05, 4.69) is 33.4 Å². The summed E-state index contributed by atoms with van der Waals surface area (Å²) in [5, 5.41) is 0. The largest absolute Gasteiger partial charge is 0.496 e. The molecule has 2 rings (SSSR count). The molecule has 0 aliphatic heterocycles. The van der Waals surface area contributed by atoms with Crippen molar-refractivity contribution in [3.8, 4) is 5.75 Å². The number of carbonyl (C=O) groups is 2. The second kappa shape index (κ2) is 6.61. The molecule has 2 N–H and O–H groups in total. The molecular weight excluding hydrogens is 387 g/mol. The Hall–Kier alpha value is -2.03. The molecule has 0 saturated carbocycles. The van der Waals surface area contributed by atoms with Crippen LogP contribution in [0.3, 0.4) is 0 Å². The molecule has 0 aliphatic carbocycles. The van der Waals surface area contributed by atoms with Gasteiger partial charge >= 0.3 is 0 Å². The molecule has 6 nitrogen and oxygen atoms in total. The van der Waals surface area contributed by atoms with Crippen LogP contribution in [0.1, 0.15) is 26.5 Å². The lowest BCUT2D eigenvalue weighted by molar-refractivity contribution is 0.0845. The third-order valence-corrected chi connectivity index (χ3v) is 3.65. The lowest BCUT2D eigenvalue weighted by Gasteiger charge is -2.08. The predicted octanol–water partition coefficient (Wildman–Crippen LogP) is 2.28. The Morgan fingerprint density at radius 3 is 2.48 bits per heavy atom. The summed E-state index contributed by atoms with van der Waals surface area (Å²) in [5.41, 5.74) is 5.49. The maximum atomic E-state index is 12.0. The smallest absolute Gasteiger partial charge is 0.273 e. The highest BCUT2D eigenvalue weighted by Crippen LogP contribution is 2.21. The number of hydrogen-bond acceptors (Lipinski definition) is 4. The zero-order valence-electron chi connectivity index (χ0n) is 11.4. The van der Waals surface area contributed by atoms with Crippen LogP contribution < -0.4 is 15.6 Å². The van der Waals surface area contributed by atoms with E-state index >= 15 is 0 Å². The Bertz CT molecular complexity index is 681. The maximum Gasteiger partial charge on any atom is 0.273 e. The number of furan rings is 1. The summed E-state index contributed by atoms with van der Waals surface area (Å²) >= 11 is 2.07.